The molecule has 9 heteroatoms. The average Bonchev–Trinajstić information content (AvgIpc) is 3.47. The van der Waals surface area contributed by atoms with Crippen molar-refractivity contribution in [3.05, 3.63) is 77.5 Å². The van der Waals surface area contributed by atoms with Crippen molar-refractivity contribution in [1.29, 1.82) is 0 Å². The van der Waals surface area contributed by atoms with Gasteiger partial charge >= 0.3 is 0 Å². The molecule has 0 radical (unpaired) electrons. The molecule has 1 aromatic carbocycles. The van der Waals surface area contributed by atoms with E-state index in [1.807, 2.05) is 29.0 Å². The summed E-state index contributed by atoms with van der Waals surface area (Å²) in [7, 11) is 0. The van der Waals surface area contributed by atoms with E-state index in [1.165, 1.54) is 17.8 Å². The van der Waals surface area contributed by atoms with Gasteiger partial charge in [-0.15, -0.1) is 28.1 Å². The number of aromatic nitrogens is 4. The lowest BCUT2D eigenvalue weighted by Gasteiger charge is -2.09. The largest absolute Gasteiger partial charge is 0.483 e. The van der Waals surface area contributed by atoms with E-state index < -0.39 is 5.82 Å². The first-order valence-corrected chi connectivity index (χ1v) is 11.1. The van der Waals surface area contributed by atoms with Crippen LogP contribution in [0.1, 0.15) is 17.3 Å². The predicted molar refractivity (Wildman–Crippen MR) is 115 cm³/mol. The van der Waals surface area contributed by atoms with Crippen LogP contribution >= 0.6 is 23.1 Å². The number of aryl methyl sites for hydroxylation is 1. The Hall–Kier alpha value is -2.91. The number of para-hydroxylation sites is 1. The molecule has 3 heterocycles. The van der Waals surface area contributed by atoms with Crippen LogP contribution in [0.25, 0.3) is 10.8 Å². The van der Waals surface area contributed by atoms with Crippen molar-refractivity contribution in [2.45, 2.75) is 31.0 Å². The van der Waals surface area contributed by atoms with Gasteiger partial charge in [-0.2, -0.15) is 0 Å². The highest BCUT2D eigenvalue weighted by Gasteiger charge is 2.17. The molecular formula is C21H19FN4O2S2. The number of halogens is 1. The van der Waals surface area contributed by atoms with E-state index in [1.54, 1.807) is 35.6 Å². The standard InChI is InChI=1S/C21H19FN4O2S2/c1-3-10-26-19(12-27-17-8-5-4-7-15(17)22)24-25-21(26)30-13-16-14(2)28-20(23-16)18-9-6-11-29-18/h3-9,11H,1,10,12-13H2,2H3. The smallest absolute Gasteiger partial charge is 0.236 e. The highest BCUT2D eigenvalue weighted by atomic mass is 32.2. The quantitative estimate of drug-likeness (QED) is 0.252. The Balaban J connectivity index is 1.47. The third-order valence-corrected chi connectivity index (χ3v) is 6.10. The summed E-state index contributed by atoms with van der Waals surface area (Å²) in [4.78, 5) is 5.61. The van der Waals surface area contributed by atoms with Crippen LogP contribution in [0.15, 0.2) is 64.0 Å². The molecule has 4 aromatic rings. The molecule has 0 spiro atoms. The second-order valence-electron chi connectivity index (χ2n) is 6.31. The monoisotopic (exact) mass is 442 g/mol. The Kier molecular flexibility index (Phi) is 6.29. The third kappa shape index (κ3) is 4.47. The van der Waals surface area contributed by atoms with Crippen LogP contribution < -0.4 is 4.74 Å². The maximum absolute atomic E-state index is 13.8. The lowest BCUT2D eigenvalue weighted by atomic mass is 10.3. The van der Waals surface area contributed by atoms with Crippen LogP contribution in [0, 0.1) is 12.7 Å². The zero-order valence-electron chi connectivity index (χ0n) is 16.2. The second-order valence-corrected chi connectivity index (χ2v) is 8.20. The molecule has 30 heavy (non-hydrogen) atoms. The molecule has 6 nitrogen and oxygen atoms in total. The average molecular weight is 443 g/mol. The molecule has 0 N–H and O–H groups in total. The zero-order chi connectivity index (χ0) is 20.9. The van der Waals surface area contributed by atoms with E-state index in [-0.39, 0.29) is 12.4 Å². The summed E-state index contributed by atoms with van der Waals surface area (Å²) < 4.78 is 27.1. The minimum absolute atomic E-state index is 0.105. The number of hydrogen-bond donors (Lipinski definition) is 0. The third-order valence-electron chi connectivity index (χ3n) is 4.26. The van der Waals surface area contributed by atoms with Crippen LogP contribution in [0.3, 0.4) is 0 Å². The first-order valence-electron chi connectivity index (χ1n) is 9.19. The number of rotatable bonds is 9. The van der Waals surface area contributed by atoms with Crippen molar-refractivity contribution < 1.29 is 13.5 Å². The topological polar surface area (TPSA) is 66.0 Å². The predicted octanol–water partition coefficient (Wildman–Crippen LogP) is 5.50. The SMILES string of the molecule is C=CCn1c(COc2ccccc2F)nnc1SCc1nc(-c2cccs2)oc1C. The molecule has 4 rings (SSSR count). The Bertz CT molecular complexity index is 1140. The maximum atomic E-state index is 13.8. The fourth-order valence-electron chi connectivity index (χ4n) is 2.75. The van der Waals surface area contributed by atoms with Gasteiger partial charge in [0.2, 0.25) is 5.89 Å². The van der Waals surface area contributed by atoms with E-state index in [2.05, 4.69) is 21.8 Å². The Morgan fingerprint density at radius 2 is 2.13 bits per heavy atom. The fourth-order valence-corrected chi connectivity index (χ4v) is 4.37. The van der Waals surface area contributed by atoms with Gasteiger partial charge in [0, 0.05) is 12.3 Å². The van der Waals surface area contributed by atoms with Gasteiger partial charge in [0.1, 0.15) is 12.4 Å². The van der Waals surface area contributed by atoms with E-state index in [9.17, 15) is 4.39 Å². The summed E-state index contributed by atoms with van der Waals surface area (Å²) >= 11 is 3.09. The van der Waals surface area contributed by atoms with E-state index in [0.29, 0.717) is 29.2 Å². The van der Waals surface area contributed by atoms with Gasteiger partial charge in [-0.25, -0.2) is 9.37 Å². The highest BCUT2D eigenvalue weighted by Crippen LogP contribution is 2.29. The first-order chi connectivity index (χ1) is 14.7. The lowest BCUT2D eigenvalue weighted by Crippen LogP contribution is -2.08. The van der Waals surface area contributed by atoms with Gasteiger partial charge in [-0.1, -0.05) is 36.0 Å². The second kappa shape index (κ2) is 9.27. The van der Waals surface area contributed by atoms with Crippen LogP contribution in [-0.2, 0) is 18.9 Å². The fraction of sp³-hybridized carbons (Fsp3) is 0.190. The molecule has 0 unspecified atom stereocenters. The molecule has 0 aliphatic carbocycles. The zero-order valence-corrected chi connectivity index (χ0v) is 17.9. The molecule has 0 saturated heterocycles. The summed E-state index contributed by atoms with van der Waals surface area (Å²) in [6.07, 6.45) is 1.76. The van der Waals surface area contributed by atoms with E-state index in [4.69, 9.17) is 9.15 Å². The van der Waals surface area contributed by atoms with E-state index in [0.717, 1.165) is 16.3 Å². The molecular weight excluding hydrogens is 423 g/mol. The molecule has 0 aliphatic rings. The van der Waals surface area contributed by atoms with Crippen LogP contribution in [0.4, 0.5) is 4.39 Å². The van der Waals surface area contributed by atoms with Gasteiger partial charge < -0.3 is 9.15 Å². The van der Waals surface area contributed by atoms with Gasteiger partial charge in [-0.3, -0.25) is 4.57 Å². The van der Waals surface area contributed by atoms with Gasteiger partial charge in [0.05, 0.1) is 10.6 Å². The van der Waals surface area contributed by atoms with Crippen molar-refractivity contribution in [1.82, 2.24) is 19.7 Å². The van der Waals surface area contributed by atoms with Crippen molar-refractivity contribution in [3.8, 4) is 16.5 Å². The minimum atomic E-state index is -0.412. The van der Waals surface area contributed by atoms with Crippen LogP contribution in [-0.4, -0.2) is 19.7 Å². The van der Waals surface area contributed by atoms with Gasteiger partial charge in [-0.05, 0) is 30.5 Å². The summed E-state index contributed by atoms with van der Waals surface area (Å²) in [6, 6.07) is 10.2. The molecule has 0 saturated carbocycles. The molecule has 0 bridgehead atoms. The molecule has 0 aliphatic heterocycles. The summed E-state index contributed by atoms with van der Waals surface area (Å²) in [5.74, 6) is 2.36. The number of nitrogens with zero attached hydrogens (tertiary/aromatic N) is 4. The number of oxazole rings is 1. The minimum Gasteiger partial charge on any atom is -0.483 e. The van der Waals surface area contributed by atoms with Crippen LogP contribution in [0.2, 0.25) is 0 Å². The van der Waals surface area contributed by atoms with Crippen LogP contribution in [0.5, 0.6) is 5.75 Å². The number of thiophene rings is 1. The molecule has 0 amide bonds. The normalized spacial score (nSPS) is 11.0. The number of thioether (sulfide) groups is 1. The lowest BCUT2D eigenvalue weighted by molar-refractivity contribution is 0.275. The Morgan fingerprint density at radius 3 is 2.90 bits per heavy atom. The number of benzene rings is 1. The van der Waals surface area contributed by atoms with Gasteiger partial charge in [0.25, 0.3) is 0 Å². The van der Waals surface area contributed by atoms with Crippen molar-refractivity contribution in [2.24, 2.45) is 0 Å². The van der Waals surface area contributed by atoms with Crippen molar-refractivity contribution in [2.75, 3.05) is 0 Å². The van der Waals surface area contributed by atoms with Gasteiger partial charge in [0.15, 0.2) is 22.5 Å². The summed E-state index contributed by atoms with van der Waals surface area (Å²) in [5, 5.41) is 11.2. The highest BCUT2D eigenvalue weighted by molar-refractivity contribution is 7.98. The molecule has 0 fully saturated rings. The molecule has 3 aromatic heterocycles. The summed E-state index contributed by atoms with van der Waals surface area (Å²) in [6.45, 7) is 6.33. The summed E-state index contributed by atoms with van der Waals surface area (Å²) in [5.41, 5.74) is 0.862. The van der Waals surface area contributed by atoms with Crippen molar-refractivity contribution >= 4 is 23.1 Å². The maximum Gasteiger partial charge on any atom is 0.236 e. The number of hydrogen-bond acceptors (Lipinski definition) is 7. The number of allylic oxidation sites excluding steroid dienone is 1. The molecule has 0 atom stereocenters. The van der Waals surface area contributed by atoms with E-state index >= 15 is 0 Å². The first kappa shape index (κ1) is 20.4. The molecule has 154 valence electrons. The van der Waals surface area contributed by atoms with Crippen molar-refractivity contribution in [3.63, 3.8) is 0 Å². The Labute approximate surface area is 181 Å². The Morgan fingerprint density at radius 1 is 1.27 bits per heavy atom. The number of ether oxygens (including phenoxy) is 1.